The molecule has 1 heterocycles. The third-order valence-corrected chi connectivity index (χ3v) is 1.87. The normalized spacial score (nSPS) is 27.6. The van der Waals surface area contributed by atoms with Gasteiger partial charge in [0.15, 0.2) is 0 Å². The zero-order valence-electron chi connectivity index (χ0n) is 6.67. The zero-order chi connectivity index (χ0) is 7.40. The van der Waals surface area contributed by atoms with Crippen LogP contribution in [0.2, 0.25) is 0 Å². The number of methoxy groups -OCH3 is 2. The predicted molar refractivity (Wildman–Crippen MR) is 38.6 cm³/mol. The van der Waals surface area contributed by atoms with Gasteiger partial charge in [0.2, 0.25) is 0 Å². The first-order valence-corrected chi connectivity index (χ1v) is 3.64. The van der Waals surface area contributed by atoms with Crippen LogP contribution in [0.5, 0.6) is 0 Å². The molecule has 0 aromatic carbocycles. The third-order valence-electron chi connectivity index (χ3n) is 1.87. The Labute approximate surface area is 61.9 Å². The van der Waals surface area contributed by atoms with Crippen molar-refractivity contribution < 1.29 is 9.47 Å². The molecule has 1 rings (SSSR count). The summed E-state index contributed by atoms with van der Waals surface area (Å²) in [5.74, 6) is 0. The molecule has 1 saturated heterocycles. The van der Waals surface area contributed by atoms with Crippen LogP contribution >= 0.6 is 0 Å². The van der Waals surface area contributed by atoms with Gasteiger partial charge in [-0.3, -0.25) is 4.90 Å². The van der Waals surface area contributed by atoms with Crippen molar-refractivity contribution >= 4 is 0 Å². The van der Waals surface area contributed by atoms with Crippen LogP contribution in [0.25, 0.3) is 0 Å². The molecule has 1 fully saturated rings. The lowest BCUT2D eigenvalue weighted by Crippen LogP contribution is -2.32. The van der Waals surface area contributed by atoms with Crippen LogP contribution < -0.4 is 0 Å². The summed E-state index contributed by atoms with van der Waals surface area (Å²) in [4.78, 5) is 2.19. The topological polar surface area (TPSA) is 21.7 Å². The van der Waals surface area contributed by atoms with Crippen LogP contribution in [0.4, 0.5) is 0 Å². The van der Waals surface area contributed by atoms with Crippen molar-refractivity contribution in [2.45, 2.75) is 19.1 Å². The molecule has 0 aliphatic carbocycles. The Balaban J connectivity index is 2.27. The molecule has 3 heteroatoms. The average Bonchev–Trinajstić information content (AvgIpc) is 2.36. The van der Waals surface area contributed by atoms with Gasteiger partial charge in [-0.2, -0.15) is 0 Å². The summed E-state index contributed by atoms with van der Waals surface area (Å²) in [5.41, 5.74) is 0. The molecule has 1 aliphatic heterocycles. The van der Waals surface area contributed by atoms with Gasteiger partial charge in [-0.05, 0) is 12.8 Å². The van der Waals surface area contributed by atoms with Crippen LogP contribution in [-0.4, -0.2) is 38.6 Å². The van der Waals surface area contributed by atoms with E-state index in [4.69, 9.17) is 9.47 Å². The lowest BCUT2D eigenvalue weighted by atomic mass is 10.4. The largest absolute Gasteiger partial charge is 0.369 e. The van der Waals surface area contributed by atoms with Crippen molar-refractivity contribution in [3.05, 3.63) is 0 Å². The summed E-state index contributed by atoms with van der Waals surface area (Å²) in [5, 5.41) is 0. The summed E-state index contributed by atoms with van der Waals surface area (Å²) < 4.78 is 10.2. The minimum atomic E-state index is 0.292. The van der Waals surface area contributed by atoms with E-state index in [-0.39, 0.29) is 0 Å². The van der Waals surface area contributed by atoms with Gasteiger partial charge in [0, 0.05) is 20.8 Å². The average molecular weight is 145 g/mol. The highest BCUT2D eigenvalue weighted by atomic mass is 16.5. The number of nitrogens with zero attached hydrogens (tertiary/aromatic N) is 1. The molecule has 0 spiro atoms. The lowest BCUT2D eigenvalue weighted by Gasteiger charge is -2.21. The second kappa shape index (κ2) is 3.91. The minimum Gasteiger partial charge on any atom is -0.369 e. The highest BCUT2D eigenvalue weighted by Crippen LogP contribution is 2.16. The lowest BCUT2D eigenvalue weighted by molar-refractivity contribution is -0.0557. The van der Waals surface area contributed by atoms with E-state index in [1.54, 1.807) is 14.2 Å². The summed E-state index contributed by atoms with van der Waals surface area (Å²) in [7, 11) is 3.46. The Morgan fingerprint density at radius 1 is 1.50 bits per heavy atom. The summed E-state index contributed by atoms with van der Waals surface area (Å²) in [6.45, 7) is 1.80. The van der Waals surface area contributed by atoms with Gasteiger partial charge in [-0.25, -0.2) is 0 Å². The Hall–Kier alpha value is -0.120. The fourth-order valence-electron chi connectivity index (χ4n) is 1.38. The molecule has 1 atom stereocenters. The molecule has 1 unspecified atom stereocenters. The smallest absolute Gasteiger partial charge is 0.112 e. The molecule has 0 N–H and O–H groups in total. The monoisotopic (exact) mass is 145 g/mol. The van der Waals surface area contributed by atoms with Crippen molar-refractivity contribution in [2.24, 2.45) is 0 Å². The van der Waals surface area contributed by atoms with Gasteiger partial charge < -0.3 is 9.47 Å². The van der Waals surface area contributed by atoms with Crippen LogP contribution in [0, 0.1) is 0 Å². The maximum Gasteiger partial charge on any atom is 0.112 e. The van der Waals surface area contributed by atoms with E-state index in [0.29, 0.717) is 13.0 Å². The predicted octanol–water partition coefficient (Wildman–Crippen LogP) is 0.659. The Bertz CT molecular complexity index is 97.6. The number of likely N-dealkylation sites (tertiary alicyclic amines) is 1. The van der Waals surface area contributed by atoms with Crippen molar-refractivity contribution in [3.8, 4) is 0 Å². The highest BCUT2D eigenvalue weighted by Gasteiger charge is 2.22. The first kappa shape index (κ1) is 7.98. The minimum absolute atomic E-state index is 0.292. The van der Waals surface area contributed by atoms with Crippen molar-refractivity contribution in [2.75, 3.05) is 27.5 Å². The van der Waals surface area contributed by atoms with Gasteiger partial charge in [-0.1, -0.05) is 0 Å². The van der Waals surface area contributed by atoms with E-state index in [0.717, 1.165) is 13.0 Å². The second-order valence-electron chi connectivity index (χ2n) is 2.56. The Morgan fingerprint density at radius 3 is 2.90 bits per heavy atom. The first-order valence-electron chi connectivity index (χ1n) is 3.64. The second-order valence-corrected chi connectivity index (χ2v) is 2.56. The van der Waals surface area contributed by atoms with Crippen molar-refractivity contribution in [1.29, 1.82) is 0 Å². The van der Waals surface area contributed by atoms with E-state index in [9.17, 15) is 0 Å². The number of hydrogen-bond acceptors (Lipinski definition) is 3. The molecule has 3 nitrogen and oxygen atoms in total. The number of rotatable bonds is 3. The van der Waals surface area contributed by atoms with Gasteiger partial charge in [-0.15, -0.1) is 0 Å². The highest BCUT2D eigenvalue weighted by molar-refractivity contribution is 4.68. The van der Waals surface area contributed by atoms with Crippen LogP contribution in [0.3, 0.4) is 0 Å². The quantitative estimate of drug-likeness (QED) is 0.582. The molecule has 0 aromatic rings. The standard InChI is InChI=1S/C7H15NO2/c1-9-6-8-5-3-4-7(8)10-2/h7H,3-6H2,1-2H3. The first-order chi connectivity index (χ1) is 4.88. The third kappa shape index (κ3) is 1.68. The number of hydrogen-bond donors (Lipinski definition) is 0. The molecule has 0 radical (unpaired) electrons. The summed E-state index contributed by atoms with van der Waals surface area (Å²) in [6, 6.07) is 0. The van der Waals surface area contributed by atoms with E-state index < -0.39 is 0 Å². The molecular formula is C7H15NO2. The van der Waals surface area contributed by atoms with E-state index in [1.807, 2.05) is 0 Å². The maximum absolute atomic E-state index is 5.22. The number of ether oxygens (including phenoxy) is 2. The zero-order valence-corrected chi connectivity index (χ0v) is 6.67. The van der Waals surface area contributed by atoms with Crippen molar-refractivity contribution in [1.82, 2.24) is 4.90 Å². The SMILES string of the molecule is COCN1CCCC1OC. The van der Waals surface area contributed by atoms with Crippen LogP contribution in [0.15, 0.2) is 0 Å². The molecule has 0 bridgehead atoms. The van der Waals surface area contributed by atoms with E-state index in [1.165, 1.54) is 6.42 Å². The fourth-order valence-corrected chi connectivity index (χ4v) is 1.38. The van der Waals surface area contributed by atoms with Gasteiger partial charge in [0.25, 0.3) is 0 Å². The molecule has 0 amide bonds. The van der Waals surface area contributed by atoms with E-state index in [2.05, 4.69) is 4.90 Å². The summed E-state index contributed by atoms with van der Waals surface area (Å²) in [6.07, 6.45) is 2.65. The molecule has 0 aromatic heterocycles. The summed E-state index contributed by atoms with van der Waals surface area (Å²) >= 11 is 0. The van der Waals surface area contributed by atoms with Crippen LogP contribution in [0.1, 0.15) is 12.8 Å². The Morgan fingerprint density at radius 2 is 2.30 bits per heavy atom. The molecule has 60 valence electrons. The van der Waals surface area contributed by atoms with Gasteiger partial charge in [0.05, 0.1) is 0 Å². The molecule has 1 aliphatic rings. The van der Waals surface area contributed by atoms with Gasteiger partial charge >= 0.3 is 0 Å². The molecular weight excluding hydrogens is 130 g/mol. The van der Waals surface area contributed by atoms with Crippen LogP contribution in [-0.2, 0) is 9.47 Å². The van der Waals surface area contributed by atoms with E-state index >= 15 is 0 Å². The molecule has 10 heavy (non-hydrogen) atoms. The maximum atomic E-state index is 5.22. The Kier molecular flexibility index (Phi) is 3.12. The molecule has 0 saturated carbocycles. The van der Waals surface area contributed by atoms with Gasteiger partial charge in [0.1, 0.15) is 13.0 Å². The fraction of sp³-hybridized carbons (Fsp3) is 1.00. The van der Waals surface area contributed by atoms with Crippen molar-refractivity contribution in [3.63, 3.8) is 0 Å².